The highest BCUT2D eigenvalue weighted by Gasteiger charge is 1.93. The van der Waals surface area contributed by atoms with Crippen molar-refractivity contribution < 1.29 is 0 Å². The molecule has 0 saturated carbocycles. The largest absolute Gasteiger partial charge is 0.358 e. The molecule has 12 heavy (non-hydrogen) atoms. The predicted octanol–water partition coefficient (Wildman–Crippen LogP) is -0.0196. The lowest BCUT2D eigenvalue weighted by Gasteiger charge is -1.99. The predicted molar refractivity (Wildman–Crippen MR) is 47.2 cm³/mol. The van der Waals surface area contributed by atoms with Gasteiger partial charge in [0.2, 0.25) is 0 Å². The van der Waals surface area contributed by atoms with E-state index < -0.39 is 0 Å². The molecule has 62 valence electrons. The Labute approximate surface area is 71.2 Å². The molecule has 0 aliphatic heterocycles. The van der Waals surface area contributed by atoms with E-state index in [1.807, 2.05) is 6.07 Å². The fourth-order valence-electron chi connectivity index (χ4n) is 0.705. The summed E-state index contributed by atoms with van der Waals surface area (Å²) in [7, 11) is 0. The van der Waals surface area contributed by atoms with Gasteiger partial charge in [-0.2, -0.15) is 5.10 Å². The van der Waals surface area contributed by atoms with Crippen molar-refractivity contribution in [1.29, 1.82) is 0 Å². The fourth-order valence-corrected chi connectivity index (χ4v) is 0.705. The number of nitrogens with zero attached hydrogens (tertiary/aromatic N) is 2. The summed E-state index contributed by atoms with van der Waals surface area (Å²) >= 11 is 0. The first-order valence-electron chi connectivity index (χ1n) is 3.57. The summed E-state index contributed by atoms with van der Waals surface area (Å²) in [4.78, 5) is 0. The molecule has 0 spiro atoms. The minimum Gasteiger partial charge on any atom is -0.358 e. The van der Waals surface area contributed by atoms with Gasteiger partial charge in [0.1, 0.15) is 5.82 Å². The number of hydrogen-bond donors (Lipinski definition) is 2. The van der Waals surface area contributed by atoms with Gasteiger partial charge in [-0.05, 0) is 12.1 Å². The molecular formula is C8H10N4. The number of nitrogens with one attached hydrogen (secondary N) is 1. The zero-order chi connectivity index (χ0) is 8.81. The molecule has 0 fully saturated rings. The molecule has 3 N–H and O–H groups in total. The highest BCUT2D eigenvalue weighted by Crippen LogP contribution is 1.99. The van der Waals surface area contributed by atoms with Crippen LogP contribution < -0.4 is 11.1 Å². The normalized spacial score (nSPS) is 9.00. The van der Waals surface area contributed by atoms with Gasteiger partial charge in [-0.3, -0.25) is 0 Å². The van der Waals surface area contributed by atoms with Gasteiger partial charge in [0.05, 0.1) is 12.2 Å². The Morgan fingerprint density at radius 2 is 2.33 bits per heavy atom. The van der Waals surface area contributed by atoms with E-state index in [0.29, 0.717) is 18.9 Å². The first kappa shape index (κ1) is 8.50. The summed E-state index contributed by atoms with van der Waals surface area (Å²) in [5.74, 6) is 3.11. The van der Waals surface area contributed by atoms with Crippen molar-refractivity contribution in [2.24, 2.45) is 5.73 Å². The Kier molecular flexibility index (Phi) is 3.05. The molecule has 1 heterocycles. The molecule has 0 bridgehead atoms. The lowest BCUT2D eigenvalue weighted by Crippen LogP contribution is -2.05. The molecule has 4 heteroatoms. The summed E-state index contributed by atoms with van der Waals surface area (Å²) in [5, 5.41) is 10.6. The van der Waals surface area contributed by atoms with Gasteiger partial charge in [-0.25, -0.2) is 0 Å². The lowest BCUT2D eigenvalue weighted by molar-refractivity contribution is 0.899. The summed E-state index contributed by atoms with van der Waals surface area (Å²) in [6.07, 6.45) is 5.05. The van der Waals surface area contributed by atoms with Crippen LogP contribution in [0.2, 0.25) is 0 Å². The van der Waals surface area contributed by atoms with E-state index in [1.54, 1.807) is 6.07 Å². The Hall–Kier alpha value is -1.60. The second-order valence-electron chi connectivity index (χ2n) is 2.17. The molecule has 0 aliphatic rings. The van der Waals surface area contributed by atoms with Gasteiger partial charge in [0, 0.05) is 6.54 Å². The van der Waals surface area contributed by atoms with Crippen LogP contribution in [0.4, 0.5) is 5.82 Å². The molecule has 1 aromatic heterocycles. The molecule has 0 radical (unpaired) electrons. The van der Waals surface area contributed by atoms with E-state index in [9.17, 15) is 0 Å². The molecule has 0 aliphatic carbocycles. The van der Waals surface area contributed by atoms with Crippen molar-refractivity contribution in [3.8, 4) is 12.3 Å². The number of nitrogens with two attached hydrogens (primary N) is 1. The third-order valence-electron chi connectivity index (χ3n) is 1.30. The topological polar surface area (TPSA) is 63.8 Å². The number of hydrogen-bond acceptors (Lipinski definition) is 4. The SMILES string of the molecule is C#CCNc1ccc(CN)nn1. The van der Waals surface area contributed by atoms with E-state index in [2.05, 4.69) is 21.4 Å². The monoisotopic (exact) mass is 162 g/mol. The lowest BCUT2D eigenvalue weighted by atomic mass is 10.4. The number of aromatic nitrogens is 2. The van der Waals surface area contributed by atoms with Crippen LogP contribution in [0.5, 0.6) is 0 Å². The number of rotatable bonds is 3. The van der Waals surface area contributed by atoms with Crippen molar-refractivity contribution in [2.45, 2.75) is 6.54 Å². The highest BCUT2D eigenvalue weighted by atomic mass is 15.2. The number of terminal acetylenes is 1. The van der Waals surface area contributed by atoms with Crippen molar-refractivity contribution in [2.75, 3.05) is 11.9 Å². The maximum Gasteiger partial charge on any atom is 0.149 e. The van der Waals surface area contributed by atoms with E-state index in [4.69, 9.17) is 12.2 Å². The Bertz CT molecular complexity index is 272. The van der Waals surface area contributed by atoms with Gasteiger partial charge in [-0.15, -0.1) is 11.5 Å². The minimum absolute atomic E-state index is 0.405. The molecule has 0 amide bonds. The highest BCUT2D eigenvalue weighted by molar-refractivity contribution is 5.34. The zero-order valence-corrected chi connectivity index (χ0v) is 6.62. The van der Waals surface area contributed by atoms with Crippen molar-refractivity contribution in [1.82, 2.24) is 10.2 Å². The van der Waals surface area contributed by atoms with Crippen LogP contribution in [0.3, 0.4) is 0 Å². The quantitative estimate of drug-likeness (QED) is 0.613. The van der Waals surface area contributed by atoms with Gasteiger partial charge in [-0.1, -0.05) is 5.92 Å². The van der Waals surface area contributed by atoms with Crippen molar-refractivity contribution in [3.63, 3.8) is 0 Å². The second kappa shape index (κ2) is 4.31. The Morgan fingerprint density at radius 1 is 1.50 bits per heavy atom. The van der Waals surface area contributed by atoms with Crippen LogP contribution in [-0.4, -0.2) is 16.7 Å². The minimum atomic E-state index is 0.405. The maximum atomic E-state index is 5.34. The summed E-state index contributed by atoms with van der Waals surface area (Å²) in [6.45, 7) is 0.860. The van der Waals surface area contributed by atoms with Crippen LogP contribution >= 0.6 is 0 Å². The summed E-state index contributed by atoms with van der Waals surface area (Å²) in [6, 6.07) is 3.61. The van der Waals surface area contributed by atoms with Crippen LogP contribution in [0.25, 0.3) is 0 Å². The maximum absolute atomic E-state index is 5.34. The third-order valence-corrected chi connectivity index (χ3v) is 1.30. The molecule has 1 rings (SSSR count). The Morgan fingerprint density at radius 3 is 2.83 bits per heavy atom. The summed E-state index contributed by atoms with van der Waals surface area (Å²) < 4.78 is 0. The Balaban J connectivity index is 2.60. The smallest absolute Gasteiger partial charge is 0.149 e. The zero-order valence-electron chi connectivity index (χ0n) is 6.62. The van der Waals surface area contributed by atoms with E-state index in [-0.39, 0.29) is 0 Å². The second-order valence-corrected chi connectivity index (χ2v) is 2.17. The van der Waals surface area contributed by atoms with Crippen LogP contribution in [0, 0.1) is 12.3 Å². The van der Waals surface area contributed by atoms with Gasteiger partial charge >= 0.3 is 0 Å². The van der Waals surface area contributed by atoms with Crippen LogP contribution in [-0.2, 0) is 6.54 Å². The van der Waals surface area contributed by atoms with Gasteiger partial charge in [0.25, 0.3) is 0 Å². The molecular weight excluding hydrogens is 152 g/mol. The van der Waals surface area contributed by atoms with E-state index in [1.165, 1.54) is 0 Å². The molecule has 0 saturated heterocycles. The number of anilines is 1. The fraction of sp³-hybridized carbons (Fsp3) is 0.250. The van der Waals surface area contributed by atoms with Crippen molar-refractivity contribution >= 4 is 5.82 Å². The van der Waals surface area contributed by atoms with Crippen molar-refractivity contribution in [3.05, 3.63) is 17.8 Å². The van der Waals surface area contributed by atoms with E-state index >= 15 is 0 Å². The molecule has 0 unspecified atom stereocenters. The average Bonchev–Trinajstić information content (AvgIpc) is 2.15. The van der Waals surface area contributed by atoms with E-state index in [0.717, 1.165) is 5.69 Å². The van der Waals surface area contributed by atoms with Crippen LogP contribution in [0.1, 0.15) is 5.69 Å². The first-order valence-corrected chi connectivity index (χ1v) is 3.57. The molecule has 0 atom stereocenters. The molecule has 0 aromatic carbocycles. The standard InChI is InChI=1S/C8H10N4/c1-2-5-10-8-4-3-7(6-9)11-12-8/h1,3-4H,5-6,9H2,(H,10,12). The van der Waals surface area contributed by atoms with Gasteiger partial charge in [0.15, 0.2) is 0 Å². The third kappa shape index (κ3) is 2.22. The first-order chi connectivity index (χ1) is 5.86. The van der Waals surface area contributed by atoms with Gasteiger partial charge < -0.3 is 11.1 Å². The molecule has 1 aromatic rings. The average molecular weight is 162 g/mol. The summed E-state index contributed by atoms with van der Waals surface area (Å²) in [5.41, 5.74) is 6.11. The van der Waals surface area contributed by atoms with Crippen LogP contribution in [0.15, 0.2) is 12.1 Å². The molecule has 4 nitrogen and oxygen atoms in total.